The summed E-state index contributed by atoms with van der Waals surface area (Å²) in [5.41, 5.74) is 1.41. The van der Waals surface area contributed by atoms with Crippen molar-refractivity contribution in [1.29, 1.82) is 0 Å². The van der Waals surface area contributed by atoms with Gasteiger partial charge in [-0.25, -0.2) is 0 Å². The molecule has 1 heteroatoms. The topological polar surface area (TPSA) is 17.1 Å². The molecule has 0 N–H and O–H groups in total. The largest absolute Gasteiger partial charge is 0.295 e. The molecule has 0 heterocycles. The van der Waals surface area contributed by atoms with Crippen LogP contribution in [-0.2, 0) is 4.79 Å². The van der Waals surface area contributed by atoms with Crippen molar-refractivity contribution in [2.24, 2.45) is 5.41 Å². The van der Waals surface area contributed by atoms with E-state index in [1.54, 1.807) is 13.0 Å². The molecule has 0 radical (unpaired) electrons. The fourth-order valence-corrected chi connectivity index (χ4v) is 0.878. The van der Waals surface area contributed by atoms with E-state index >= 15 is 0 Å². The van der Waals surface area contributed by atoms with E-state index in [0.29, 0.717) is 0 Å². The fourth-order valence-electron chi connectivity index (χ4n) is 0.878. The van der Waals surface area contributed by atoms with E-state index in [2.05, 4.69) is 33.8 Å². The van der Waals surface area contributed by atoms with Crippen molar-refractivity contribution in [3.8, 4) is 0 Å². The van der Waals surface area contributed by atoms with Crippen LogP contribution in [0.25, 0.3) is 0 Å². The van der Waals surface area contributed by atoms with Crippen LogP contribution in [0, 0.1) is 5.41 Å². The number of ketones is 1. The minimum absolute atomic E-state index is 0.0862. The Bertz CT molecular complexity index is 228. The monoisotopic (exact) mass is 180 g/mol. The summed E-state index contributed by atoms with van der Waals surface area (Å²) in [6.07, 6.45) is 6.82. The van der Waals surface area contributed by atoms with E-state index in [1.165, 1.54) is 5.57 Å². The van der Waals surface area contributed by atoms with Gasteiger partial charge in [0.25, 0.3) is 0 Å². The second-order valence-corrected chi connectivity index (χ2v) is 4.42. The predicted molar refractivity (Wildman–Crippen MR) is 57.7 cm³/mol. The lowest BCUT2D eigenvalue weighted by molar-refractivity contribution is -0.112. The molecule has 0 aromatic rings. The third-order valence-electron chi connectivity index (χ3n) is 1.81. The first-order chi connectivity index (χ1) is 5.83. The maximum absolute atomic E-state index is 10.7. The van der Waals surface area contributed by atoms with Crippen molar-refractivity contribution >= 4 is 5.78 Å². The Labute approximate surface area is 81.5 Å². The highest BCUT2D eigenvalue weighted by atomic mass is 16.1. The van der Waals surface area contributed by atoms with Gasteiger partial charge in [-0.3, -0.25) is 4.79 Å². The standard InChI is InChI=1S/C12H20O/c1-10(2)6-8-12(4,5)9-7-11(3)13/h6-7,9H,8H2,1-5H3. The Morgan fingerprint density at radius 1 is 1.23 bits per heavy atom. The summed E-state index contributed by atoms with van der Waals surface area (Å²) in [7, 11) is 0. The highest BCUT2D eigenvalue weighted by molar-refractivity contribution is 5.87. The molecule has 0 rings (SSSR count). The van der Waals surface area contributed by atoms with Crippen molar-refractivity contribution in [1.82, 2.24) is 0 Å². The van der Waals surface area contributed by atoms with Gasteiger partial charge in [0, 0.05) is 0 Å². The first kappa shape index (κ1) is 12.2. The Hall–Kier alpha value is -0.850. The number of allylic oxidation sites excluding steroid dienone is 4. The van der Waals surface area contributed by atoms with E-state index in [0.717, 1.165) is 6.42 Å². The van der Waals surface area contributed by atoms with E-state index in [9.17, 15) is 4.79 Å². The molecule has 0 aliphatic heterocycles. The first-order valence-corrected chi connectivity index (χ1v) is 4.67. The molecule has 0 unspecified atom stereocenters. The van der Waals surface area contributed by atoms with E-state index in [4.69, 9.17) is 0 Å². The maximum Gasteiger partial charge on any atom is 0.152 e. The molecule has 0 fully saturated rings. The van der Waals surface area contributed by atoms with Crippen LogP contribution in [0.3, 0.4) is 0 Å². The molecule has 0 amide bonds. The number of rotatable bonds is 4. The predicted octanol–water partition coefficient (Wildman–Crippen LogP) is 3.51. The van der Waals surface area contributed by atoms with Crippen LogP contribution in [0.1, 0.15) is 41.0 Å². The summed E-state index contributed by atoms with van der Waals surface area (Å²) in [6.45, 7) is 10.0. The average molecular weight is 180 g/mol. The van der Waals surface area contributed by atoms with Gasteiger partial charge in [-0.05, 0) is 38.7 Å². The molecule has 0 saturated carbocycles. The third kappa shape index (κ3) is 7.51. The van der Waals surface area contributed by atoms with Crippen molar-refractivity contribution in [3.05, 3.63) is 23.8 Å². The molecule has 0 bridgehead atoms. The molecule has 0 aliphatic carbocycles. The summed E-state index contributed by atoms with van der Waals surface area (Å²) in [4.78, 5) is 10.7. The fraction of sp³-hybridized carbons (Fsp3) is 0.583. The van der Waals surface area contributed by atoms with Crippen molar-refractivity contribution in [2.45, 2.75) is 41.0 Å². The maximum atomic E-state index is 10.7. The van der Waals surface area contributed by atoms with Gasteiger partial charge >= 0.3 is 0 Å². The van der Waals surface area contributed by atoms with Crippen molar-refractivity contribution < 1.29 is 4.79 Å². The summed E-state index contributed by atoms with van der Waals surface area (Å²) in [6, 6.07) is 0. The van der Waals surface area contributed by atoms with Crippen LogP contribution in [0.2, 0.25) is 0 Å². The van der Waals surface area contributed by atoms with Crippen LogP contribution < -0.4 is 0 Å². The summed E-state index contributed by atoms with van der Waals surface area (Å²) in [5, 5.41) is 0. The third-order valence-corrected chi connectivity index (χ3v) is 1.81. The van der Waals surface area contributed by atoms with Crippen LogP contribution in [0.4, 0.5) is 0 Å². The Morgan fingerprint density at radius 2 is 1.77 bits per heavy atom. The molecule has 0 atom stereocenters. The Kier molecular flexibility index (Phi) is 4.68. The smallest absolute Gasteiger partial charge is 0.152 e. The van der Waals surface area contributed by atoms with Crippen LogP contribution >= 0.6 is 0 Å². The Balaban J connectivity index is 4.24. The SMILES string of the molecule is CC(=O)C=CC(C)(C)CC=C(C)C. The van der Waals surface area contributed by atoms with Crippen molar-refractivity contribution in [3.63, 3.8) is 0 Å². The molecule has 13 heavy (non-hydrogen) atoms. The lowest BCUT2D eigenvalue weighted by atomic mass is 9.88. The average Bonchev–Trinajstić information content (AvgIpc) is 1.98. The summed E-state index contributed by atoms with van der Waals surface area (Å²) in [5.74, 6) is 0.116. The van der Waals surface area contributed by atoms with Crippen LogP contribution in [-0.4, -0.2) is 5.78 Å². The van der Waals surface area contributed by atoms with Gasteiger partial charge in [-0.2, -0.15) is 0 Å². The zero-order chi connectivity index (χ0) is 10.5. The second kappa shape index (κ2) is 5.00. The molecule has 0 aromatic heterocycles. The summed E-state index contributed by atoms with van der Waals surface area (Å²) < 4.78 is 0. The van der Waals surface area contributed by atoms with Crippen LogP contribution in [0.15, 0.2) is 23.8 Å². The van der Waals surface area contributed by atoms with Gasteiger partial charge < -0.3 is 0 Å². The van der Waals surface area contributed by atoms with E-state index in [1.807, 2.05) is 6.08 Å². The van der Waals surface area contributed by atoms with Gasteiger partial charge in [0.15, 0.2) is 5.78 Å². The molecular weight excluding hydrogens is 160 g/mol. The molecule has 0 aromatic carbocycles. The second-order valence-electron chi connectivity index (χ2n) is 4.42. The minimum Gasteiger partial charge on any atom is -0.295 e. The first-order valence-electron chi connectivity index (χ1n) is 4.67. The molecule has 0 saturated heterocycles. The zero-order valence-corrected chi connectivity index (χ0v) is 9.35. The highest BCUT2D eigenvalue weighted by Gasteiger charge is 2.11. The van der Waals surface area contributed by atoms with Gasteiger partial charge in [-0.1, -0.05) is 31.6 Å². The number of hydrogen-bond acceptors (Lipinski definition) is 1. The van der Waals surface area contributed by atoms with Crippen molar-refractivity contribution in [2.75, 3.05) is 0 Å². The number of carbonyl (C=O) groups excluding carboxylic acids is 1. The highest BCUT2D eigenvalue weighted by Crippen LogP contribution is 2.23. The van der Waals surface area contributed by atoms with Gasteiger partial charge in [0.05, 0.1) is 0 Å². The van der Waals surface area contributed by atoms with E-state index < -0.39 is 0 Å². The zero-order valence-electron chi connectivity index (χ0n) is 9.35. The lowest BCUT2D eigenvalue weighted by Crippen LogP contribution is -2.06. The normalized spacial score (nSPS) is 11.8. The lowest BCUT2D eigenvalue weighted by Gasteiger charge is -2.17. The van der Waals surface area contributed by atoms with Gasteiger partial charge in [0.2, 0.25) is 0 Å². The number of hydrogen-bond donors (Lipinski definition) is 0. The van der Waals surface area contributed by atoms with E-state index in [-0.39, 0.29) is 11.2 Å². The molecule has 1 nitrogen and oxygen atoms in total. The number of carbonyl (C=O) groups is 1. The summed E-state index contributed by atoms with van der Waals surface area (Å²) >= 11 is 0. The van der Waals surface area contributed by atoms with Crippen LogP contribution in [0.5, 0.6) is 0 Å². The van der Waals surface area contributed by atoms with Gasteiger partial charge in [0.1, 0.15) is 0 Å². The van der Waals surface area contributed by atoms with Gasteiger partial charge in [-0.15, -0.1) is 0 Å². The molecule has 0 spiro atoms. The Morgan fingerprint density at radius 3 is 2.15 bits per heavy atom. The minimum atomic E-state index is 0.0862. The quantitative estimate of drug-likeness (QED) is 0.478. The molecule has 0 aliphatic rings. The molecule has 74 valence electrons. The molecular formula is C12H20O.